The van der Waals surface area contributed by atoms with Gasteiger partial charge in [0.25, 0.3) is 5.09 Å². The molecule has 0 amide bonds. The van der Waals surface area contributed by atoms with Crippen LogP contribution in [0.2, 0.25) is 0 Å². The molecule has 1 aliphatic rings. The summed E-state index contributed by atoms with van der Waals surface area (Å²) in [5.41, 5.74) is -0.839. The van der Waals surface area contributed by atoms with Gasteiger partial charge in [-0.1, -0.05) is 18.2 Å². The van der Waals surface area contributed by atoms with Crippen LogP contribution in [-0.4, -0.2) is 64.5 Å². The Balaban J connectivity index is 1.66. The lowest BCUT2D eigenvalue weighted by molar-refractivity contribution is -0.757. The number of hydrogen-bond donors (Lipinski definition) is 3. The Morgan fingerprint density at radius 1 is 1.12 bits per heavy atom. The van der Waals surface area contributed by atoms with Crippen molar-refractivity contribution in [1.29, 1.82) is 0 Å². The van der Waals surface area contributed by atoms with Crippen LogP contribution in [0.15, 0.2) is 36.4 Å². The number of aliphatic hydroxyl groups is 3. The summed E-state index contributed by atoms with van der Waals surface area (Å²) in [5.74, 6) is -0.823. The van der Waals surface area contributed by atoms with Crippen LogP contribution in [0, 0.1) is 22.0 Å². The number of allylic oxidation sites excluding steroid dienone is 2. The monoisotopic (exact) mass is 577 g/mol. The lowest BCUT2D eigenvalue weighted by atomic mass is 9.86. The third-order valence-corrected chi connectivity index (χ3v) is 6.78. The number of nitrogens with zero attached hydrogens (tertiary/aromatic N) is 1. The zero-order valence-corrected chi connectivity index (χ0v) is 22.2. The van der Waals surface area contributed by atoms with E-state index >= 15 is 0 Å². The Bertz CT molecular complexity index is 944. The second-order valence-corrected chi connectivity index (χ2v) is 9.85. The summed E-state index contributed by atoms with van der Waals surface area (Å²) in [6, 6.07) is 4.42. The molecule has 1 aromatic carbocycles. The van der Waals surface area contributed by atoms with Gasteiger partial charge in [-0.2, -0.15) is 13.2 Å². The molecule has 0 radical (unpaired) electrons. The van der Waals surface area contributed by atoms with Gasteiger partial charge in [-0.15, -0.1) is 10.1 Å². The van der Waals surface area contributed by atoms with Crippen molar-refractivity contribution < 1.29 is 52.7 Å². The van der Waals surface area contributed by atoms with Gasteiger partial charge < -0.3 is 29.6 Å². The fourth-order valence-corrected chi connectivity index (χ4v) is 4.67. The number of unbranched alkanes of at least 4 members (excludes halogenated alkanes) is 2. The Kier molecular flexibility index (Phi) is 14.2. The maximum absolute atomic E-state index is 12.8. The smallest absolute Gasteiger partial charge is 0.416 e. The van der Waals surface area contributed by atoms with Crippen LogP contribution in [0.1, 0.15) is 63.4 Å². The summed E-state index contributed by atoms with van der Waals surface area (Å²) >= 11 is 0. The average molecular weight is 578 g/mol. The normalized spacial score (nSPS) is 21.9. The maximum atomic E-state index is 12.8. The summed E-state index contributed by atoms with van der Waals surface area (Å²) in [6.07, 6.45) is 0.599. The van der Waals surface area contributed by atoms with E-state index in [9.17, 15) is 43.4 Å². The van der Waals surface area contributed by atoms with Gasteiger partial charge in [0.15, 0.2) is 0 Å². The highest BCUT2D eigenvalue weighted by atomic mass is 19.4. The van der Waals surface area contributed by atoms with E-state index in [0.717, 1.165) is 12.1 Å². The van der Waals surface area contributed by atoms with E-state index in [0.29, 0.717) is 38.5 Å². The number of carbonyl (C=O) groups excluding carboxylic acids is 1. The lowest BCUT2D eigenvalue weighted by Gasteiger charge is -2.23. The number of halogens is 3. The molecule has 3 N–H and O–H groups in total. The molecule has 5 atom stereocenters. The van der Waals surface area contributed by atoms with Gasteiger partial charge in [-0.25, -0.2) is 0 Å². The summed E-state index contributed by atoms with van der Waals surface area (Å²) in [6.45, 7) is -0.0674. The molecule has 1 aromatic rings. The molecular weight excluding hydrogens is 539 g/mol. The van der Waals surface area contributed by atoms with Crippen molar-refractivity contribution in [3.05, 3.63) is 52.1 Å². The van der Waals surface area contributed by atoms with Crippen molar-refractivity contribution in [2.75, 3.05) is 19.8 Å². The molecule has 0 saturated heterocycles. The van der Waals surface area contributed by atoms with Crippen LogP contribution < -0.4 is 4.74 Å². The summed E-state index contributed by atoms with van der Waals surface area (Å²) < 4.78 is 48.9. The largest absolute Gasteiger partial charge is 0.491 e. The number of hydrogen-bond acceptors (Lipinski definition) is 9. The van der Waals surface area contributed by atoms with Crippen molar-refractivity contribution in [1.82, 2.24) is 0 Å². The minimum Gasteiger partial charge on any atom is -0.491 e. The first-order valence-corrected chi connectivity index (χ1v) is 13.4. The number of carbonyl (C=O) groups is 1. The van der Waals surface area contributed by atoms with Crippen LogP contribution in [-0.2, 0) is 20.5 Å². The first kappa shape index (κ1) is 33.3. The highest BCUT2D eigenvalue weighted by Gasteiger charge is 2.40. The number of ether oxygens (including phenoxy) is 2. The van der Waals surface area contributed by atoms with Gasteiger partial charge >= 0.3 is 12.1 Å². The molecule has 10 nitrogen and oxygen atoms in total. The predicted molar refractivity (Wildman–Crippen MR) is 137 cm³/mol. The third-order valence-electron chi connectivity index (χ3n) is 6.78. The molecule has 0 heterocycles. The van der Waals surface area contributed by atoms with Gasteiger partial charge in [-0.3, -0.25) is 4.79 Å². The second kappa shape index (κ2) is 17.0. The van der Waals surface area contributed by atoms with Crippen molar-refractivity contribution in [2.24, 2.45) is 11.8 Å². The minimum absolute atomic E-state index is 0.00164. The molecule has 0 bridgehead atoms. The number of alkyl halides is 3. The molecule has 1 aliphatic carbocycles. The Hall–Kier alpha value is -2.90. The highest BCUT2D eigenvalue weighted by Crippen LogP contribution is 2.38. The lowest BCUT2D eigenvalue weighted by Crippen LogP contribution is -2.25. The molecule has 226 valence electrons. The van der Waals surface area contributed by atoms with Crippen LogP contribution >= 0.6 is 0 Å². The van der Waals surface area contributed by atoms with Crippen LogP contribution in [0.25, 0.3) is 0 Å². The standard InChI is InChI=1S/C27H38F3NO9/c28-27(29,30)19-8-7-9-21(16-19)39-18-20(32)12-13-23-22(24(33)17-25(23)34)10-3-1-2-4-11-26(35)38-14-5-6-15-40-31(36)37/h1,3,7-9,16,20,22-25,32-34H,2,4-6,10-15,17-18H2/t20-,22-,23-,24+,25-/m1/s1. The van der Waals surface area contributed by atoms with Gasteiger partial charge in [0.2, 0.25) is 0 Å². The van der Waals surface area contributed by atoms with Crippen LogP contribution in [0.4, 0.5) is 13.2 Å². The number of aliphatic hydroxyl groups excluding tert-OH is 3. The van der Waals surface area contributed by atoms with E-state index < -0.39 is 35.1 Å². The minimum atomic E-state index is -4.49. The first-order valence-electron chi connectivity index (χ1n) is 13.4. The molecule has 40 heavy (non-hydrogen) atoms. The SMILES string of the molecule is O=C(CCCC=CC[C@@H]1[C@@H](CC[C@@H](O)COc2cccc(C(F)(F)F)c2)[C@H](O)C[C@@H]1O)OCCCCO[N+](=O)[O-]. The van der Waals surface area contributed by atoms with Gasteiger partial charge in [0.1, 0.15) is 12.4 Å². The number of benzene rings is 1. The molecular formula is C27H38F3NO9. The maximum Gasteiger partial charge on any atom is 0.416 e. The molecule has 0 unspecified atom stereocenters. The van der Waals surface area contributed by atoms with Crippen molar-refractivity contribution in [2.45, 2.75) is 82.3 Å². The molecule has 1 fully saturated rings. The Morgan fingerprint density at radius 3 is 2.58 bits per heavy atom. The van der Waals surface area contributed by atoms with Gasteiger partial charge in [0.05, 0.1) is 37.1 Å². The summed E-state index contributed by atoms with van der Waals surface area (Å²) in [7, 11) is 0. The van der Waals surface area contributed by atoms with Crippen LogP contribution in [0.5, 0.6) is 5.75 Å². The Morgan fingerprint density at radius 2 is 1.85 bits per heavy atom. The topological polar surface area (TPSA) is 149 Å². The predicted octanol–water partition coefficient (Wildman–Crippen LogP) is 4.23. The van der Waals surface area contributed by atoms with E-state index in [1.54, 1.807) is 0 Å². The van der Waals surface area contributed by atoms with Crippen LogP contribution in [0.3, 0.4) is 0 Å². The molecule has 0 aromatic heterocycles. The highest BCUT2D eigenvalue weighted by molar-refractivity contribution is 5.69. The first-order chi connectivity index (χ1) is 19.0. The fraction of sp³-hybridized carbons (Fsp3) is 0.667. The molecule has 0 aliphatic heterocycles. The average Bonchev–Trinajstić information content (AvgIpc) is 3.16. The second-order valence-electron chi connectivity index (χ2n) is 9.85. The zero-order valence-electron chi connectivity index (χ0n) is 22.2. The van der Waals surface area contributed by atoms with Gasteiger partial charge in [-0.05, 0) is 81.4 Å². The number of rotatable bonds is 18. The quantitative estimate of drug-likeness (QED) is 0.0766. The summed E-state index contributed by atoms with van der Waals surface area (Å²) in [4.78, 5) is 25.9. The van der Waals surface area contributed by atoms with Crippen molar-refractivity contribution in [3.8, 4) is 5.75 Å². The molecule has 1 saturated carbocycles. The third kappa shape index (κ3) is 12.5. The van der Waals surface area contributed by atoms with Crippen molar-refractivity contribution >= 4 is 5.97 Å². The van der Waals surface area contributed by atoms with Gasteiger partial charge in [0, 0.05) is 6.42 Å². The molecule has 13 heteroatoms. The Labute approximate surface area is 230 Å². The van der Waals surface area contributed by atoms with E-state index in [1.165, 1.54) is 12.1 Å². The molecule has 2 rings (SSSR count). The molecule has 0 spiro atoms. The zero-order chi connectivity index (χ0) is 29.5. The van der Waals surface area contributed by atoms with E-state index in [-0.39, 0.29) is 62.6 Å². The van der Waals surface area contributed by atoms with E-state index in [2.05, 4.69) is 4.84 Å². The van der Waals surface area contributed by atoms with E-state index in [4.69, 9.17) is 9.47 Å². The summed E-state index contributed by atoms with van der Waals surface area (Å²) in [5, 5.41) is 40.3. The fourth-order valence-electron chi connectivity index (χ4n) is 4.67. The van der Waals surface area contributed by atoms with Crippen molar-refractivity contribution in [3.63, 3.8) is 0 Å². The van der Waals surface area contributed by atoms with E-state index in [1.807, 2.05) is 12.2 Å². The number of esters is 1.